The number of nitrogens with one attached hydrogen (secondary N) is 1. The second-order valence-electron chi connectivity index (χ2n) is 5.86. The molecule has 2 aromatic heterocycles. The van der Waals surface area contributed by atoms with Crippen LogP contribution >= 0.6 is 11.3 Å². The van der Waals surface area contributed by atoms with Crippen LogP contribution in [0, 0.1) is 11.7 Å². The number of hydrogen-bond donors (Lipinski definition) is 1. The maximum absolute atomic E-state index is 13.2. The normalized spacial score (nSPS) is 11.5. The van der Waals surface area contributed by atoms with Gasteiger partial charge in [-0.2, -0.15) is 0 Å². The van der Waals surface area contributed by atoms with Gasteiger partial charge in [0.25, 0.3) is 5.56 Å². The molecule has 0 aliphatic carbocycles. The summed E-state index contributed by atoms with van der Waals surface area (Å²) in [4.78, 5) is 20.5. The Morgan fingerprint density at radius 3 is 2.91 bits per heavy atom. The van der Waals surface area contributed by atoms with Crippen LogP contribution in [0.1, 0.15) is 30.8 Å². The van der Waals surface area contributed by atoms with Gasteiger partial charge >= 0.3 is 0 Å². The average molecular weight is 316 g/mol. The van der Waals surface area contributed by atoms with Gasteiger partial charge in [0.15, 0.2) is 0 Å². The third-order valence-corrected chi connectivity index (χ3v) is 4.38. The molecule has 3 aromatic rings. The number of hydrogen-bond acceptors (Lipinski definition) is 3. The molecule has 0 aliphatic heterocycles. The van der Waals surface area contributed by atoms with E-state index in [9.17, 15) is 9.18 Å². The number of fused-ring (bicyclic) bond motifs is 1. The van der Waals surface area contributed by atoms with Crippen LogP contribution in [0.2, 0.25) is 0 Å². The average Bonchev–Trinajstić information content (AvgIpc) is 2.81. The summed E-state index contributed by atoms with van der Waals surface area (Å²) in [6.45, 7) is 4.26. The Morgan fingerprint density at radius 1 is 1.36 bits per heavy atom. The first-order chi connectivity index (χ1) is 10.5. The second kappa shape index (κ2) is 6.01. The number of H-pyrrole nitrogens is 1. The largest absolute Gasteiger partial charge is 0.310 e. The van der Waals surface area contributed by atoms with Gasteiger partial charge in [-0.15, -0.1) is 11.3 Å². The lowest BCUT2D eigenvalue weighted by atomic mass is 10.0. The number of rotatable bonds is 4. The van der Waals surface area contributed by atoms with E-state index < -0.39 is 0 Å². The van der Waals surface area contributed by atoms with Crippen LogP contribution in [0.15, 0.2) is 34.4 Å². The van der Waals surface area contributed by atoms with E-state index in [0.717, 1.165) is 22.4 Å². The van der Waals surface area contributed by atoms with Gasteiger partial charge in [-0.05, 0) is 41.0 Å². The van der Waals surface area contributed by atoms with Crippen molar-refractivity contribution in [2.75, 3.05) is 0 Å². The first kappa shape index (κ1) is 14.9. The van der Waals surface area contributed by atoms with Gasteiger partial charge in [0.1, 0.15) is 16.5 Å². The summed E-state index contributed by atoms with van der Waals surface area (Å²) < 4.78 is 13.2. The molecule has 0 unspecified atom stereocenters. The Labute approximate surface area is 131 Å². The zero-order valence-corrected chi connectivity index (χ0v) is 13.3. The molecule has 22 heavy (non-hydrogen) atoms. The van der Waals surface area contributed by atoms with Crippen molar-refractivity contribution in [1.82, 2.24) is 9.97 Å². The van der Waals surface area contributed by atoms with E-state index in [2.05, 4.69) is 23.8 Å². The van der Waals surface area contributed by atoms with Crippen molar-refractivity contribution < 1.29 is 4.39 Å². The minimum atomic E-state index is -0.281. The Hall–Kier alpha value is -2.01. The highest BCUT2D eigenvalue weighted by Gasteiger charge is 2.12. The van der Waals surface area contributed by atoms with Crippen LogP contribution < -0.4 is 5.56 Å². The first-order valence-electron chi connectivity index (χ1n) is 7.26. The van der Waals surface area contributed by atoms with Crippen molar-refractivity contribution in [3.8, 4) is 0 Å². The highest BCUT2D eigenvalue weighted by Crippen LogP contribution is 2.23. The van der Waals surface area contributed by atoms with E-state index in [1.807, 2.05) is 11.4 Å². The Balaban J connectivity index is 1.98. The fourth-order valence-corrected chi connectivity index (χ4v) is 3.54. The highest BCUT2D eigenvalue weighted by molar-refractivity contribution is 7.16. The molecule has 0 fully saturated rings. The van der Waals surface area contributed by atoms with Crippen LogP contribution in [-0.2, 0) is 12.8 Å². The van der Waals surface area contributed by atoms with Crippen LogP contribution in [0.5, 0.6) is 0 Å². The van der Waals surface area contributed by atoms with Gasteiger partial charge in [-0.3, -0.25) is 4.79 Å². The third-order valence-electron chi connectivity index (χ3n) is 3.46. The summed E-state index contributed by atoms with van der Waals surface area (Å²) >= 11 is 1.49. The lowest BCUT2D eigenvalue weighted by molar-refractivity contribution is 0.626. The zero-order chi connectivity index (χ0) is 15.7. The fourth-order valence-electron chi connectivity index (χ4n) is 2.57. The quantitative estimate of drug-likeness (QED) is 0.793. The smallest absolute Gasteiger partial charge is 0.259 e. The Kier molecular flexibility index (Phi) is 4.07. The molecule has 3 rings (SSSR count). The van der Waals surface area contributed by atoms with Gasteiger partial charge in [0, 0.05) is 6.42 Å². The van der Waals surface area contributed by atoms with E-state index in [1.54, 1.807) is 6.07 Å². The molecule has 1 N–H and O–H groups in total. The van der Waals surface area contributed by atoms with E-state index in [4.69, 9.17) is 0 Å². The molecule has 0 saturated heterocycles. The third kappa shape index (κ3) is 3.09. The van der Waals surface area contributed by atoms with E-state index >= 15 is 0 Å². The summed E-state index contributed by atoms with van der Waals surface area (Å²) in [5, 5.41) is 2.71. The minimum Gasteiger partial charge on any atom is -0.310 e. The van der Waals surface area contributed by atoms with Gasteiger partial charge in [-0.25, -0.2) is 9.37 Å². The molecule has 0 bridgehead atoms. The van der Waals surface area contributed by atoms with Gasteiger partial charge < -0.3 is 4.98 Å². The summed E-state index contributed by atoms with van der Waals surface area (Å²) in [6, 6.07) is 6.35. The predicted octanol–water partition coefficient (Wildman–Crippen LogP) is 3.91. The van der Waals surface area contributed by atoms with Gasteiger partial charge in [0.2, 0.25) is 0 Å². The van der Waals surface area contributed by atoms with Crippen molar-refractivity contribution in [3.63, 3.8) is 0 Å². The molecule has 0 spiro atoms. The summed E-state index contributed by atoms with van der Waals surface area (Å²) in [7, 11) is 0. The lowest BCUT2D eigenvalue weighted by Gasteiger charge is -2.04. The topological polar surface area (TPSA) is 45.8 Å². The van der Waals surface area contributed by atoms with E-state index in [-0.39, 0.29) is 11.4 Å². The first-order valence-corrected chi connectivity index (χ1v) is 8.14. The molecule has 3 nitrogen and oxygen atoms in total. The number of benzene rings is 1. The number of thiophene rings is 1. The monoisotopic (exact) mass is 316 g/mol. The highest BCUT2D eigenvalue weighted by atomic mass is 32.1. The van der Waals surface area contributed by atoms with Crippen LogP contribution in [0.3, 0.4) is 0 Å². The van der Waals surface area contributed by atoms with Crippen LogP contribution in [-0.4, -0.2) is 9.97 Å². The van der Waals surface area contributed by atoms with Crippen molar-refractivity contribution >= 4 is 21.6 Å². The molecule has 5 heteroatoms. The van der Waals surface area contributed by atoms with Crippen molar-refractivity contribution in [2.24, 2.45) is 5.92 Å². The zero-order valence-electron chi connectivity index (χ0n) is 12.5. The summed E-state index contributed by atoms with van der Waals surface area (Å²) in [6.07, 6.45) is 1.29. The van der Waals surface area contributed by atoms with Crippen LogP contribution in [0.25, 0.3) is 10.2 Å². The van der Waals surface area contributed by atoms with Gasteiger partial charge in [-0.1, -0.05) is 26.0 Å². The molecular weight excluding hydrogens is 299 g/mol. The summed E-state index contributed by atoms with van der Waals surface area (Å²) in [5.74, 6) is 0.779. The van der Waals surface area contributed by atoms with E-state index in [1.165, 1.54) is 23.5 Å². The molecule has 114 valence electrons. The van der Waals surface area contributed by atoms with Crippen molar-refractivity contribution in [2.45, 2.75) is 26.7 Å². The Bertz CT molecular complexity index is 866. The van der Waals surface area contributed by atoms with Crippen molar-refractivity contribution in [1.29, 1.82) is 0 Å². The molecule has 0 saturated carbocycles. The van der Waals surface area contributed by atoms with Crippen molar-refractivity contribution in [3.05, 3.63) is 62.8 Å². The fraction of sp³-hybridized carbons (Fsp3) is 0.294. The lowest BCUT2D eigenvalue weighted by Crippen LogP contribution is -2.12. The molecule has 2 heterocycles. The van der Waals surface area contributed by atoms with Crippen LogP contribution in [0.4, 0.5) is 4.39 Å². The van der Waals surface area contributed by atoms with E-state index in [0.29, 0.717) is 23.5 Å². The molecule has 0 radical (unpaired) electrons. The number of aromatic amines is 1. The Morgan fingerprint density at radius 2 is 2.18 bits per heavy atom. The number of nitrogens with zero attached hydrogens (tertiary/aromatic N) is 1. The molecule has 0 amide bonds. The molecule has 1 aromatic carbocycles. The molecular formula is C17H17FN2OS. The number of halogens is 1. The standard InChI is InChI=1S/C17H17FN2OS/c1-10(2)6-12-9-22-17-15(12)16(21)19-14(20-17)8-11-4-3-5-13(18)7-11/h3-5,7,9-10H,6,8H2,1-2H3,(H,19,20,21). The molecule has 0 atom stereocenters. The number of aromatic nitrogens is 2. The second-order valence-corrected chi connectivity index (χ2v) is 6.72. The summed E-state index contributed by atoms with van der Waals surface area (Å²) in [5.41, 5.74) is 1.75. The molecule has 0 aliphatic rings. The maximum atomic E-state index is 13.2. The maximum Gasteiger partial charge on any atom is 0.259 e. The van der Waals surface area contributed by atoms with Gasteiger partial charge in [0.05, 0.1) is 5.39 Å². The minimum absolute atomic E-state index is 0.103. The predicted molar refractivity (Wildman–Crippen MR) is 88.0 cm³/mol. The SMILES string of the molecule is CC(C)Cc1csc2nc(Cc3cccc(F)c3)[nH]c(=O)c12.